The summed E-state index contributed by atoms with van der Waals surface area (Å²) in [7, 11) is 1.96. The van der Waals surface area contributed by atoms with Crippen molar-refractivity contribution in [3.05, 3.63) is 35.0 Å². The maximum atomic E-state index is 4.38. The van der Waals surface area contributed by atoms with Gasteiger partial charge in [0, 0.05) is 12.6 Å². The molecule has 0 atom stereocenters. The Morgan fingerprint density at radius 1 is 1.35 bits per heavy atom. The van der Waals surface area contributed by atoms with Crippen LogP contribution < -0.4 is 0 Å². The van der Waals surface area contributed by atoms with Crippen molar-refractivity contribution in [2.75, 3.05) is 0 Å². The first-order valence-electron chi connectivity index (χ1n) is 5.29. The van der Waals surface area contributed by atoms with Gasteiger partial charge >= 0.3 is 0 Å². The first-order chi connectivity index (χ1) is 8.15. The minimum Gasteiger partial charge on any atom is -0.342 e. The Bertz CT molecular complexity index is 696. The van der Waals surface area contributed by atoms with Crippen molar-refractivity contribution < 1.29 is 0 Å². The van der Waals surface area contributed by atoms with Gasteiger partial charge in [0.05, 0.1) is 17.4 Å². The van der Waals surface area contributed by atoms with Gasteiger partial charge in [-0.3, -0.25) is 0 Å². The van der Waals surface area contributed by atoms with Gasteiger partial charge < -0.3 is 9.55 Å². The van der Waals surface area contributed by atoms with Gasteiger partial charge in [0.1, 0.15) is 16.1 Å². The quantitative estimate of drug-likeness (QED) is 0.749. The molecule has 5 heteroatoms. The third-order valence-corrected chi connectivity index (χ3v) is 3.67. The topological polar surface area (TPSA) is 46.5 Å². The highest BCUT2D eigenvalue weighted by atomic mass is 79.9. The van der Waals surface area contributed by atoms with E-state index in [4.69, 9.17) is 0 Å². The second-order valence-electron chi connectivity index (χ2n) is 4.05. The van der Waals surface area contributed by atoms with Gasteiger partial charge in [-0.2, -0.15) is 0 Å². The second-order valence-corrected chi connectivity index (χ2v) is 4.80. The molecule has 17 heavy (non-hydrogen) atoms. The molecule has 0 fully saturated rings. The lowest BCUT2D eigenvalue weighted by atomic mass is 10.1. The average molecular weight is 291 g/mol. The van der Waals surface area contributed by atoms with E-state index in [-0.39, 0.29) is 0 Å². The molecule has 0 aliphatic heterocycles. The minimum absolute atomic E-state index is 0.928. The van der Waals surface area contributed by atoms with Crippen LogP contribution in [0.4, 0.5) is 0 Å². The molecule has 0 radical (unpaired) electrons. The van der Waals surface area contributed by atoms with Crippen molar-refractivity contribution in [1.82, 2.24) is 19.5 Å². The lowest BCUT2D eigenvalue weighted by Gasteiger charge is -1.99. The number of H-pyrrole nitrogens is 1. The zero-order valence-corrected chi connectivity index (χ0v) is 11.1. The summed E-state index contributed by atoms with van der Waals surface area (Å²) in [6.07, 6.45) is 1.79. The van der Waals surface area contributed by atoms with Crippen LogP contribution in [0.15, 0.2) is 29.1 Å². The number of aromatic amines is 1. The standard InChI is InChI=1S/C12H11BrN4/c1-7-15-9-4-3-8(5-10(9)16-7)11-12(13)17(2)6-14-11/h3-6H,1-2H3,(H,15,16). The van der Waals surface area contributed by atoms with Gasteiger partial charge in [-0.25, -0.2) is 9.97 Å². The van der Waals surface area contributed by atoms with Gasteiger partial charge in [0.25, 0.3) is 0 Å². The Kier molecular flexibility index (Phi) is 2.29. The number of benzene rings is 1. The van der Waals surface area contributed by atoms with Crippen molar-refractivity contribution in [2.24, 2.45) is 7.05 Å². The molecule has 1 aromatic carbocycles. The molecule has 3 aromatic rings. The summed E-state index contributed by atoms with van der Waals surface area (Å²) in [6.45, 7) is 1.95. The molecule has 2 heterocycles. The number of hydrogen-bond donors (Lipinski definition) is 1. The number of nitrogens with zero attached hydrogens (tertiary/aromatic N) is 3. The third-order valence-electron chi connectivity index (χ3n) is 2.74. The molecule has 4 nitrogen and oxygen atoms in total. The van der Waals surface area contributed by atoms with Gasteiger partial charge in [0.2, 0.25) is 0 Å². The van der Waals surface area contributed by atoms with Crippen LogP contribution >= 0.6 is 15.9 Å². The highest BCUT2D eigenvalue weighted by molar-refractivity contribution is 9.10. The van der Waals surface area contributed by atoms with E-state index in [0.717, 1.165) is 32.7 Å². The highest BCUT2D eigenvalue weighted by Crippen LogP contribution is 2.28. The first-order valence-corrected chi connectivity index (χ1v) is 6.08. The molecule has 0 bridgehead atoms. The molecule has 1 N–H and O–H groups in total. The lowest BCUT2D eigenvalue weighted by molar-refractivity contribution is 0.891. The van der Waals surface area contributed by atoms with Gasteiger partial charge in [0.15, 0.2) is 0 Å². The SMILES string of the molecule is Cc1nc2ccc(-c3ncn(C)c3Br)cc2[nH]1. The minimum atomic E-state index is 0.928. The fourth-order valence-corrected chi connectivity index (χ4v) is 2.32. The van der Waals surface area contributed by atoms with Crippen LogP contribution in [-0.4, -0.2) is 19.5 Å². The van der Waals surface area contributed by atoms with Crippen LogP contribution in [0.1, 0.15) is 5.82 Å². The molecule has 0 amide bonds. The number of rotatable bonds is 1. The Morgan fingerprint density at radius 2 is 2.18 bits per heavy atom. The maximum Gasteiger partial charge on any atom is 0.112 e. The van der Waals surface area contributed by atoms with E-state index in [1.807, 2.05) is 30.7 Å². The molecule has 2 aromatic heterocycles. The van der Waals surface area contributed by atoms with Crippen molar-refractivity contribution >= 4 is 27.0 Å². The average Bonchev–Trinajstić information content (AvgIpc) is 2.81. The summed E-state index contributed by atoms with van der Waals surface area (Å²) in [5.74, 6) is 0.928. The third kappa shape index (κ3) is 1.67. The largest absolute Gasteiger partial charge is 0.342 e. The summed E-state index contributed by atoms with van der Waals surface area (Å²) >= 11 is 3.53. The smallest absolute Gasteiger partial charge is 0.112 e. The van der Waals surface area contributed by atoms with Crippen LogP contribution in [-0.2, 0) is 7.05 Å². The molecular weight excluding hydrogens is 280 g/mol. The fraction of sp³-hybridized carbons (Fsp3) is 0.167. The van der Waals surface area contributed by atoms with Crippen molar-refractivity contribution in [3.8, 4) is 11.3 Å². The number of aryl methyl sites for hydroxylation is 2. The van der Waals surface area contributed by atoms with E-state index in [1.54, 1.807) is 6.33 Å². The number of fused-ring (bicyclic) bond motifs is 1. The summed E-state index contributed by atoms with van der Waals surface area (Å²) in [4.78, 5) is 12.0. The molecule has 86 valence electrons. The van der Waals surface area contributed by atoms with Crippen LogP contribution in [0.25, 0.3) is 22.3 Å². The monoisotopic (exact) mass is 290 g/mol. The summed E-state index contributed by atoms with van der Waals surface area (Å²) in [5, 5.41) is 0. The zero-order chi connectivity index (χ0) is 12.0. The van der Waals surface area contributed by atoms with Crippen molar-refractivity contribution in [1.29, 1.82) is 0 Å². The molecule has 0 saturated carbocycles. The Balaban J connectivity index is 2.20. The van der Waals surface area contributed by atoms with Crippen molar-refractivity contribution in [3.63, 3.8) is 0 Å². The Labute approximate surface area is 107 Å². The molecule has 0 spiro atoms. The normalized spacial score (nSPS) is 11.2. The summed E-state index contributed by atoms with van der Waals surface area (Å²) in [5.41, 5.74) is 4.05. The Morgan fingerprint density at radius 3 is 2.88 bits per heavy atom. The molecule has 0 aliphatic rings. The number of hydrogen-bond acceptors (Lipinski definition) is 2. The maximum absolute atomic E-state index is 4.38. The van der Waals surface area contributed by atoms with Crippen LogP contribution in [0.2, 0.25) is 0 Å². The molecule has 3 rings (SSSR count). The number of aromatic nitrogens is 4. The first kappa shape index (κ1) is 10.5. The molecule has 0 aliphatic carbocycles. The van der Waals surface area contributed by atoms with E-state index in [2.05, 4.69) is 36.9 Å². The molecular formula is C12H11BrN4. The van der Waals surface area contributed by atoms with E-state index in [9.17, 15) is 0 Å². The number of nitrogens with one attached hydrogen (secondary N) is 1. The highest BCUT2D eigenvalue weighted by Gasteiger charge is 2.09. The van der Waals surface area contributed by atoms with E-state index in [0.29, 0.717) is 0 Å². The van der Waals surface area contributed by atoms with E-state index in [1.165, 1.54) is 0 Å². The van der Waals surface area contributed by atoms with E-state index < -0.39 is 0 Å². The fourth-order valence-electron chi connectivity index (χ4n) is 1.89. The summed E-state index contributed by atoms with van der Waals surface area (Å²) in [6, 6.07) is 6.12. The number of halogens is 1. The second kappa shape index (κ2) is 3.70. The zero-order valence-electron chi connectivity index (χ0n) is 9.53. The lowest BCUT2D eigenvalue weighted by Crippen LogP contribution is -1.84. The molecule has 0 unspecified atom stereocenters. The van der Waals surface area contributed by atoms with E-state index >= 15 is 0 Å². The van der Waals surface area contributed by atoms with Crippen LogP contribution in [0.5, 0.6) is 0 Å². The van der Waals surface area contributed by atoms with Crippen molar-refractivity contribution in [2.45, 2.75) is 6.92 Å². The van der Waals surface area contributed by atoms with Crippen LogP contribution in [0, 0.1) is 6.92 Å². The van der Waals surface area contributed by atoms with Gasteiger partial charge in [-0.05, 0) is 35.0 Å². The predicted octanol–water partition coefficient (Wildman–Crippen LogP) is 3.03. The van der Waals surface area contributed by atoms with Crippen LogP contribution in [0.3, 0.4) is 0 Å². The summed E-state index contributed by atoms with van der Waals surface area (Å²) < 4.78 is 2.92. The Hall–Kier alpha value is -1.62. The molecule has 0 saturated heterocycles. The van der Waals surface area contributed by atoms with Gasteiger partial charge in [-0.1, -0.05) is 6.07 Å². The number of imidazole rings is 2. The van der Waals surface area contributed by atoms with Gasteiger partial charge in [-0.15, -0.1) is 0 Å². The predicted molar refractivity (Wildman–Crippen MR) is 70.7 cm³/mol.